The molecule has 0 spiro atoms. The Morgan fingerprint density at radius 1 is 1.53 bits per heavy atom. The second-order valence-electron chi connectivity index (χ2n) is 4.92. The molecule has 102 valence electrons. The summed E-state index contributed by atoms with van der Waals surface area (Å²) >= 11 is 1.96. The first-order valence-corrected chi connectivity index (χ1v) is 7.41. The number of benzene rings is 1. The van der Waals surface area contributed by atoms with Crippen LogP contribution < -0.4 is 5.73 Å². The molecule has 1 fully saturated rings. The Morgan fingerprint density at radius 3 is 3.11 bits per heavy atom. The summed E-state index contributed by atoms with van der Waals surface area (Å²) in [6.45, 7) is 2.32. The van der Waals surface area contributed by atoms with Gasteiger partial charge in [-0.15, -0.1) is 0 Å². The van der Waals surface area contributed by atoms with Gasteiger partial charge in [0.25, 0.3) is 0 Å². The molecule has 1 aliphatic rings. The van der Waals surface area contributed by atoms with Gasteiger partial charge >= 0.3 is 0 Å². The van der Waals surface area contributed by atoms with Crippen molar-refractivity contribution in [3.05, 3.63) is 21.5 Å². The van der Waals surface area contributed by atoms with Crippen molar-refractivity contribution < 1.29 is 9.13 Å². The van der Waals surface area contributed by atoms with Crippen LogP contribution in [-0.4, -0.2) is 22.8 Å². The van der Waals surface area contributed by atoms with E-state index < -0.39 is 0 Å². The second kappa shape index (κ2) is 5.24. The van der Waals surface area contributed by atoms with Crippen LogP contribution in [0.5, 0.6) is 0 Å². The van der Waals surface area contributed by atoms with Crippen molar-refractivity contribution in [2.45, 2.75) is 19.4 Å². The van der Waals surface area contributed by atoms with E-state index in [1.807, 2.05) is 27.2 Å². The van der Waals surface area contributed by atoms with Gasteiger partial charge in [-0.3, -0.25) is 0 Å². The third-order valence-electron chi connectivity index (χ3n) is 3.52. The first-order valence-electron chi connectivity index (χ1n) is 6.33. The van der Waals surface area contributed by atoms with E-state index in [0.717, 1.165) is 43.6 Å². The first-order chi connectivity index (χ1) is 9.15. The molecule has 3 rings (SSSR count). The molecule has 0 saturated carbocycles. The lowest BCUT2D eigenvalue weighted by Crippen LogP contribution is -2.22. The normalized spacial score (nSPS) is 20.0. The molecule has 1 aromatic heterocycles. The van der Waals surface area contributed by atoms with Crippen LogP contribution >= 0.6 is 22.6 Å². The monoisotopic (exact) mass is 375 g/mol. The van der Waals surface area contributed by atoms with E-state index in [9.17, 15) is 4.39 Å². The number of nitrogens with two attached hydrogens (primary N) is 1. The maximum atomic E-state index is 13.7. The van der Waals surface area contributed by atoms with Crippen molar-refractivity contribution in [3.8, 4) is 0 Å². The molecule has 0 radical (unpaired) electrons. The van der Waals surface area contributed by atoms with Crippen LogP contribution in [0.2, 0.25) is 0 Å². The minimum absolute atomic E-state index is 0.228. The molecule has 1 aliphatic heterocycles. The van der Waals surface area contributed by atoms with Crippen molar-refractivity contribution in [1.29, 1.82) is 0 Å². The Kier molecular flexibility index (Phi) is 3.62. The number of hydrogen-bond acceptors (Lipinski definition) is 3. The molecule has 1 saturated heterocycles. The van der Waals surface area contributed by atoms with Crippen LogP contribution in [0.1, 0.15) is 12.8 Å². The molecule has 0 bridgehead atoms. The fraction of sp³-hybridized carbons (Fsp3) is 0.462. The van der Waals surface area contributed by atoms with Crippen molar-refractivity contribution in [3.63, 3.8) is 0 Å². The highest BCUT2D eigenvalue weighted by atomic mass is 127. The Hall–Kier alpha value is -0.890. The Morgan fingerprint density at radius 2 is 2.37 bits per heavy atom. The van der Waals surface area contributed by atoms with E-state index in [4.69, 9.17) is 10.5 Å². The average Bonchev–Trinajstić information content (AvgIpc) is 2.68. The summed E-state index contributed by atoms with van der Waals surface area (Å²) in [5.41, 5.74) is 7.47. The van der Waals surface area contributed by atoms with E-state index in [0.29, 0.717) is 15.4 Å². The Labute approximate surface area is 124 Å². The van der Waals surface area contributed by atoms with Crippen molar-refractivity contribution in [1.82, 2.24) is 9.55 Å². The molecular weight excluding hydrogens is 360 g/mol. The number of nitrogens with zero attached hydrogens (tertiary/aromatic N) is 2. The standard InChI is InChI=1S/C13H15FIN3O/c14-9-4-12-11(5-10(9)15)17-13(16)18(12)6-8-2-1-3-19-7-8/h4-5,8H,1-3,6-7H2,(H2,16,17). The number of aromatic nitrogens is 2. The number of imidazole rings is 1. The maximum Gasteiger partial charge on any atom is 0.201 e. The average molecular weight is 375 g/mol. The number of ether oxygens (including phenoxy) is 1. The maximum absolute atomic E-state index is 13.7. The number of fused-ring (bicyclic) bond motifs is 1. The fourth-order valence-electron chi connectivity index (χ4n) is 2.54. The highest BCUT2D eigenvalue weighted by molar-refractivity contribution is 14.1. The molecule has 2 N–H and O–H groups in total. The van der Waals surface area contributed by atoms with Crippen molar-refractivity contribution in [2.75, 3.05) is 18.9 Å². The van der Waals surface area contributed by atoms with Crippen LogP contribution in [0.4, 0.5) is 10.3 Å². The SMILES string of the molecule is Nc1nc2cc(I)c(F)cc2n1CC1CCCOC1. The van der Waals surface area contributed by atoms with E-state index in [1.54, 1.807) is 6.07 Å². The lowest BCUT2D eigenvalue weighted by Gasteiger charge is -2.23. The molecule has 1 unspecified atom stereocenters. The van der Waals surface area contributed by atoms with Crippen LogP contribution in [0, 0.1) is 15.3 Å². The minimum atomic E-state index is -0.228. The van der Waals surface area contributed by atoms with Crippen LogP contribution in [0.15, 0.2) is 12.1 Å². The quantitative estimate of drug-likeness (QED) is 0.822. The zero-order chi connectivity index (χ0) is 13.4. The van der Waals surface area contributed by atoms with Crippen LogP contribution in [-0.2, 0) is 11.3 Å². The van der Waals surface area contributed by atoms with Gasteiger partial charge in [-0.05, 0) is 41.5 Å². The highest BCUT2D eigenvalue weighted by Crippen LogP contribution is 2.25. The van der Waals surface area contributed by atoms with E-state index >= 15 is 0 Å². The van der Waals surface area contributed by atoms with Crippen LogP contribution in [0.3, 0.4) is 0 Å². The van der Waals surface area contributed by atoms with Gasteiger partial charge in [-0.25, -0.2) is 9.37 Å². The highest BCUT2D eigenvalue weighted by Gasteiger charge is 2.18. The first kappa shape index (κ1) is 13.1. The predicted molar refractivity (Wildman–Crippen MR) is 80.4 cm³/mol. The molecule has 2 aromatic rings. The number of anilines is 1. The topological polar surface area (TPSA) is 53.1 Å². The smallest absolute Gasteiger partial charge is 0.201 e. The summed E-state index contributed by atoms with van der Waals surface area (Å²) in [4.78, 5) is 4.31. The largest absolute Gasteiger partial charge is 0.381 e. The molecule has 1 atom stereocenters. The molecule has 0 amide bonds. The molecule has 6 heteroatoms. The molecule has 4 nitrogen and oxygen atoms in total. The van der Waals surface area contributed by atoms with E-state index in [1.165, 1.54) is 6.07 Å². The second-order valence-corrected chi connectivity index (χ2v) is 6.08. The number of halogens is 2. The summed E-state index contributed by atoms with van der Waals surface area (Å²) in [5, 5.41) is 0. The summed E-state index contributed by atoms with van der Waals surface area (Å²) in [7, 11) is 0. The van der Waals surface area contributed by atoms with Gasteiger partial charge in [0.15, 0.2) is 0 Å². The summed E-state index contributed by atoms with van der Waals surface area (Å²) < 4.78 is 21.6. The van der Waals surface area contributed by atoms with Gasteiger partial charge in [0.05, 0.1) is 21.2 Å². The lowest BCUT2D eigenvalue weighted by molar-refractivity contribution is 0.0490. The Balaban J connectivity index is 1.97. The third kappa shape index (κ3) is 2.55. The summed E-state index contributed by atoms with van der Waals surface area (Å²) in [6, 6.07) is 3.25. The van der Waals surface area contributed by atoms with Crippen molar-refractivity contribution >= 4 is 39.6 Å². The summed E-state index contributed by atoms with van der Waals surface area (Å²) in [6.07, 6.45) is 2.19. The number of rotatable bonds is 2. The number of nitrogen functional groups attached to an aromatic ring is 1. The van der Waals surface area contributed by atoms with Crippen LogP contribution in [0.25, 0.3) is 11.0 Å². The molecule has 19 heavy (non-hydrogen) atoms. The molecule has 1 aromatic carbocycles. The molecular formula is C13H15FIN3O. The van der Waals surface area contributed by atoms with Gasteiger partial charge in [0.1, 0.15) is 5.82 Å². The van der Waals surface area contributed by atoms with Gasteiger partial charge in [-0.2, -0.15) is 0 Å². The van der Waals surface area contributed by atoms with Gasteiger partial charge in [0, 0.05) is 25.1 Å². The van der Waals surface area contributed by atoms with E-state index in [-0.39, 0.29) is 5.82 Å². The van der Waals surface area contributed by atoms with Crippen molar-refractivity contribution in [2.24, 2.45) is 5.92 Å². The Bertz CT molecular complexity index is 607. The predicted octanol–water partition coefficient (Wildman–Crippen LogP) is 2.79. The third-order valence-corrected chi connectivity index (χ3v) is 4.34. The zero-order valence-corrected chi connectivity index (χ0v) is 12.6. The van der Waals surface area contributed by atoms with E-state index in [2.05, 4.69) is 4.98 Å². The number of hydrogen-bond donors (Lipinski definition) is 1. The molecule has 0 aliphatic carbocycles. The van der Waals surface area contributed by atoms with Gasteiger partial charge < -0.3 is 15.0 Å². The van der Waals surface area contributed by atoms with Gasteiger partial charge in [-0.1, -0.05) is 0 Å². The summed E-state index contributed by atoms with van der Waals surface area (Å²) in [5.74, 6) is 0.645. The minimum Gasteiger partial charge on any atom is -0.381 e. The van der Waals surface area contributed by atoms with Gasteiger partial charge in [0.2, 0.25) is 5.95 Å². The zero-order valence-electron chi connectivity index (χ0n) is 10.4. The molecule has 2 heterocycles. The lowest BCUT2D eigenvalue weighted by atomic mass is 10.0. The fourth-order valence-corrected chi connectivity index (χ4v) is 2.99.